The fourth-order valence-electron chi connectivity index (χ4n) is 2.07. The Morgan fingerprint density at radius 1 is 1.25 bits per heavy atom. The van der Waals surface area contributed by atoms with Gasteiger partial charge in [-0.05, 0) is 19.4 Å². The van der Waals surface area contributed by atoms with Gasteiger partial charge in [0.1, 0.15) is 0 Å². The van der Waals surface area contributed by atoms with Crippen LogP contribution >= 0.6 is 0 Å². The Morgan fingerprint density at radius 3 is 2.62 bits per heavy atom. The molecule has 2 nitrogen and oxygen atoms in total. The number of nitrogens with one attached hydrogen (secondary N) is 1. The Balaban J connectivity index is 2.45. The fourth-order valence-corrected chi connectivity index (χ4v) is 2.07. The van der Waals surface area contributed by atoms with E-state index >= 15 is 0 Å². The molecule has 1 aliphatic rings. The molecule has 2 N–H and O–H groups in total. The molecule has 1 saturated heterocycles. The lowest BCUT2D eigenvalue weighted by Crippen LogP contribution is -2.29. The highest BCUT2D eigenvalue weighted by Gasteiger charge is 2.26. The molecule has 0 radical (unpaired) electrons. The van der Waals surface area contributed by atoms with Gasteiger partial charge in [-0.15, -0.1) is 0 Å². The predicted molar refractivity (Wildman–Crippen MR) is 52.8 cm³/mol. The molecule has 1 aromatic carbocycles. The van der Waals surface area contributed by atoms with E-state index in [1.165, 1.54) is 0 Å². The standard InChI is InChI=1S/C11H12F3NO/c12-7-4-8(16)11(14)9(10(7)13)6-2-1-3-15-5-6/h4,6,15-16H,1-3,5H2. The molecule has 1 unspecified atom stereocenters. The zero-order valence-corrected chi connectivity index (χ0v) is 8.56. The van der Waals surface area contributed by atoms with E-state index in [1.807, 2.05) is 0 Å². The number of rotatable bonds is 1. The third-order valence-corrected chi connectivity index (χ3v) is 2.88. The number of phenols is 1. The molecule has 88 valence electrons. The average Bonchev–Trinajstić information content (AvgIpc) is 2.28. The summed E-state index contributed by atoms with van der Waals surface area (Å²) in [6.07, 6.45) is 1.37. The minimum Gasteiger partial charge on any atom is -0.505 e. The summed E-state index contributed by atoms with van der Waals surface area (Å²) in [4.78, 5) is 0. The van der Waals surface area contributed by atoms with Crippen LogP contribution in [0.1, 0.15) is 24.3 Å². The number of benzene rings is 1. The number of hydrogen-bond donors (Lipinski definition) is 2. The van der Waals surface area contributed by atoms with Crippen LogP contribution in [0.2, 0.25) is 0 Å². The van der Waals surface area contributed by atoms with E-state index in [1.54, 1.807) is 0 Å². The lowest BCUT2D eigenvalue weighted by atomic mass is 9.90. The Kier molecular flexibility index (Phi) is 3.05. The average molecular weight is 231 g/mol. The number of piperidine rings is 1. The van der Waals surface area contributed by atoms with Gasteiger partial charge < -0.3 is 10.4 Å². The molecule has 2 rings (SSSR count). The molecule has 5 heteroatoms. The minimum absolute atomic E-state index is 0.343. The first-order chi connectivity index (χ1) is 7.61. The van der Waals surface area contributed by atoms with Crippen LogP contribution in [0.25, 0.3) is 0 Å². The molecule has 0 aliphatic carbocycles. The third kappa shape index (κ3) is 1.87. The highest BCUT2D eigenvalue weighted by Crippen LogP contribution is 2.33. The molecule has 1 aromatic rings. The summed E-state index contributed by atoms with van der Waals surface area (Å²) in [6, 6.07) is 0.463. The number of hydrogen-bond acceptors (Lipinski definition) is 2. The highest BCUT2D eigenvalue weighted by molar-refractivity contribution is 5.35. The van der Waals surface area contributed by atoms with Crippen LogP contribution in [0.3, 0.4) is 0 Å². The smallest absolute Gasteiger partial charge is 0.171 e. The van der Waals surface area contributed by atoms with Crippen LogP contribution in [0.5, 0.6) is 5.75 Å². The van der Waals surface area contributed by atoms with Gasteiger partial charge in [0.15, 0.2) is 23.2 Å². The van der Waals surface area contributed by atoms with Gasteiger partial charge in [0.2, 0.25) is 0 Å². The van der Waals surface area contributed by atoms with E-state index in [9.17, 15) is 13.2 Å². The quantitative estimate of drug-likeness (QED) is 0.727. The van der Waals surface area contributed by atoms with E-state index < -0.39 is 29.1 Å². The Labute approximate surface area is 91.1 Å². The van der Waals surface area contributed by atoms with Crippen molar-refractivity contribution in [1.29, 1.82) is 0 Å². The zero-order chi connectivity index (χ0) is 11.7. The summed E-state index contributed by atoms with van der Waals surface area (Å²) < 4.78 is 40.1. The highest BCUT2D eigenvalue weighted by atomic mass is 19.2. The van der Waals surface area contributed by atoms with Crippen molar-refractivity contribution in [2.45, 2.75) is 18.8 Å². The molecule has 16 heavy (non-hydrogen) atoms. The van der Waals surface area contributed by atoms with Crippen molar-refractivity contribution in [3.63, 3.8) is 0 Å². The molecule has 0 aromatic heterocycles. The number of halogens is 3. The molecule has 0 amide bonds. The van der Waals surface area contributed by atoms with Crippen LogP contribution in [-0.2, 0) is 0 Å². The van der Waals surface area contributed by atoms with Gasteiger partial charge in [-0.3, -0.25) is 0 Å². The van der Waals surface area contributed by atoms with E-state index in [-0.39, 0.29) is 5.56 Å². The van der Waals surface area contributed by atoms with Crippen LogP contribution in [0.15, 0.2) is 6.07 Å². The first kappa shape index (κ1) is 11.3. The summed E-state index contributed by atoms with van der Waals surface area (Å²) in [5.41, 5.74) is -0.343. The van der Waals surface area contributed by atoms with Crippen molar-refractivity contribution >= 4 is 0 Å². The van der Waals surface area contributed by atoms with Crippen molar-refractivity contribution < 1.29 is 18.3 Å². The first-order valence-corrected chi connectivity index (χ1v) is 5.18. The predicted octanol–water partition coefficient (Wildman–Crippen LogP) is 2.28. The van der Waals surface area contributed by atoms with Crippen molar-refractivity contribution in [3.8, 4) is 5.75 Å². The SMILES string of the molecule is Oc1cc(F)c(F)c(C2CCCNC2)c1F. The normalized spacial score (nSPS) is 21.1. The molecule has 1 fully saturated rings. The zero-order valence-electron chi connectivity index (χ0n) is 8.56. The topological polar surface area (TPSA) is 32.3 Å². The van der Waals surface area contributed by atoms with Crippen LogP contribution < -0.4 is 5.32 Å². The van der Waals surface area contributed by atoms with Gasteiger partial charge in [-0.1, -0.05) is 0 Å². The maximum Gasteiger partial charge on any atom is 0.171 e. The second-order valence-electron chi connectivity index (χ2n) is 3.96. The van der Waals surface area contributed by atoms with Crippen molar-refractivity contribution in [2.75, 3.05) is 13.1 Å². The van der Waals surface area contributed by atoms with Gasteiger partial charge in [0, 0.05) is 24.1 Å². The third-order valence-electron chi connectivity index (χ3n) is 2.88. The lowest BCUT2D eigenvalue weighted by molar-refractivity contribution is 0.379. The van der Waals surface area contributed by atoms with E-state index in [0.29, 0.717) is 19.0 Å². The van der Waals surface area contributed by atoms with Gasteiger partial charge in [0.25, 0.3) is 0 Å². The minimum atomic E-state index is -1.21. The fraction of sp³-hybridized carbons (Fsp3) is 0.455. The van der Waals surface area contributed by atoms with Crippen LogP contribution in [0, 0.1) is 17.5 Å². The molecule has 1 heterocycles. The van der Waals surface area contributed by atoms with Crippen LogP contribution in [0.4, 0.5) is 13.2 Å². The Bertz CT molecular complexity index is 376. The molecule has 0 saturated carbocycles. The monoisotopic (exact) mass is 231 g/mol. The largest absolute Gasteiger partial charge is 0.505 e. The molecule has 1 atom stereocenters. The summed E-state index contributed by atoms with van der Waals surface area (Å²) >= 11 is 0. The second kappa shape index (κ2) is 4.33. The second-order valence-corrected chi connectivity index (χ2v) is 3.96. The summed E-state index contributed by atoms with van der Waals surface area (Å²) in [5, 5.41) is 12.1. The van der Waals surface area contributed by atoms with E-state index in [0.717, 1.165) is 13.0 Å². The maximum atomic E-state index is 13.5. The molecule has 0 spiro atoms. The van der Waals surface area contributed by atoms with Gasteiger partial charge in [-0.2, -0.15) is 0 Å². The number of aromatic hydroxyl groups is 1. The molecule has 1 aliphatic heterocycles. The summed E-state index contributed by atoms with van der Waals surface area (Å²) in [6.45, 7) is 1.19. The number of phenolic OH excluding ortho intramolecular Hbond substituents is 1. The van der Waals surface area contributed by atoms with Crippen molar-refractivity contribution in [2.24, 2.45) is 0 Å². The van der Waals surface area contributed by atoms with Crippen molar-refractivity contribution in [1.82, 2.24) is 5.32 Å². The lowest BCUT2D eigenvalue weighted by Gasteiger charge is -2.24. The first-order valence-electron chi connectivity index (χ1n) is 5.18. The van der Waals surface area contributed by atoms with Crippen molar-refractivity contribution in [3.05, 3.63) is 29.1 Å². The van der Waals surface area contributed by atoms with E-state index in [4.69, 9.17) is 5.11 Å². The van der Waals surface area contributed by atoms with Gasteiger partial charge in [0.05, 0.1) is 0 Å². The molecular formula is C11H12F3NO. The maximum absolute atomic E-state index is 13.5. The Hall–Kier alpha value is -1.23. The van der Waals surface area contributed by atoms with E-state index in [2.05, 4.69) is 5.32 Å². The summed E-state index contributed by atoms with van der Waals surface area (Å²) in [5.74, 6) is -4.70. The van der Waals surface area contributed by atoms with Gasteiger partial charge >= 0.3 is 0 Å². The van der Waals surface area contributed by atoms with Crippen LogP contribution in [-0.4, -0.2) is 18.2 Å². The molecular weight excluding hydrogens is 219 g/mol. The summed E-state index contributed by atoms with van der Waals surface area (Å²) in [7, 11) is 0. The Morgan fingerprint density at radius 2 is 2.00 bits per heavy atom. The van der Waals surface area contributed by atoms with Gasteiger partial charge in [-0.25, -0.2) is 13.2 Å². The molecule has 0 bridgehead atoms.